The van der Waals surface area contributed by atoms with Crippen LogP contribution in [0.25, 0.3) is 11.0 Å². The number of aliphatic hydroxyl groups excluding tert-OH is 1. The number of H-pyrrole nitrogens is 1. The summed E-state index contributed by atoms with van der Waals surface area (Å²) in [7, 11) is 0. The highest BCUT2D eigenvalue weighted by molar-refractivity contribution is 5.76. The Bertz CT molecular complexity index is 1030. The molecule has 0 radical (unpaired) electrons. The summed E-state index contributed by atoms with van der Waals surface area (Å²) < 4.78 is 17.0. The molecule has 0 amide bonds. The number of aromatic amines is 1. The summed E-state index contributed by atoms with van der Waals surface area (Å²) in [5.74, 6) is 3.22. The standard InChI is InChI=1S/C23H25N3O4/c27-19-7-15-10-26(12-17-6-14-2-1-5-24-23(14)25-17)11-16(15)8-21(19)30-18-3-4-20-22(9-18)29-13-28-20/h1-6,9,15-16,19,21,27H,7-8,10-13H2,(H,24,25)/t15-,16+,19+,21+/m0/s1. The minimum atomic E-state index is -0.450. The number of pyridine rings is 1. The average molecular weight is 407 g/mol. The summed E-state index contributed by atoms with van der Waals surface area (Å²) in [5.41, 5.74) is 2.13. The fourth-order valence-corrected chi connectivity index (χ4v) is 5.21. The van der Waals surface area contributed by atoms with Crippen molar-refractivity contribution in [2.24, 2.45) is 11.8 Å². The Hall–Kier alpha value is -2.77. The van der Waals surface area contributed by atoms with Crippen LogP contribution in [0.3, 0.4) is 0 Å². The van der Waals surface area contributed by atoms with Crippen LogP contribution in [0.2, 0.25) is 0 Å². The third kappa shape index (κ3) is 3.28. The molecule has 156 valence electrons. The lowest BCUT2D eigenvalue weighted by Crippen LogP contribution is -2.42. The van der Waals surface area contributed by atoms with Crippen LogP contribution in [-0.2, 0) is 6.54 Å². The Morgan fingerprint density at radius 2 is 1.97 bits per heavy atom. The molecule has 2 aromatic heterocycles. The number of ether oxygens (including phenoxy) is 3. The zero-order valence-electron chi connectivity index (χ0n) is 16.7. The Morgan fingerprint density at radius 3 is 2.87 bits per heavy atom. The molecule has 1 saturated heterocycles. The zero-order chi connectivity index (χ0) is 20.1. The molecule has 7 nitrogen and oxygen atoms in total. The molecule has 1 saturated carbocycles. The fourth-order valence-electron chi connectivity index (χ4n) is 5.21. The molecule has 2 fully saturated rings. The van der Waals surface area contributed by atoms with E-state index in [0.29, 0.717) is 17.6 Å². The molecule has 1 aromatic carbocycles. The van der Waals surface area contributed by atoms with Crippen LogP contribution < -0.4 is 14.2 Å². The molecule has 1 aliphatic carbocycles. The lowest BCUT2D eigenvalue weighted by atomic mass is 9.78. The summed E-state index contributed by atoms with van der Waals surface area (Å²) in [5, 5.41) is 11.9. The quantitative estimate of drug-likeness (QED) is 0.692. The number of nitrogens with one attached hydrogen (secondary N) is 1. The second kappa shape index (κ2) is 7.18. The van der Waals surface area contributed by atoms with Crippen molar-refractivity contribution in [3.63, 3.8) is 0 Å². The maximum absolute atomic E-state index is 10.7. The molecule has 0 unspecified atom stereocenters. The van der Waals surface area contributed by atoms with Crippen LogP contribution in [0.4, 0.5) is 0 Å². The van der Waals surface area contributed by atoms with Gasteiger partial charge in [0.05, 0.1) is 6.10 Å². The number of hydrogen-bond donors (Lipinski definition) is 2. The van der Waals surface area contributed by atoms with Gasteiger partial charge in [0.25, 0.3) is 0 Å². The highest BCUT2D eigenvalue weighted by atomic mass is 16.7. The second-order valence-electron chi connectivity index (χ2n) is 8.66. The van der Waals surface area contributed by atoms with Gasteiger partial charge in [0.2, 0.25) is 6.79 Å². The van der Waals surface area contributed by atoms with Gasteiger partial charge in [-0.05, 0) is 55.0 Å². The van der Waals surface area contributed by atoms with Crippen molar-refractivity contribution in [1.82, 2.24) is 14.9 Å². The molecule has 2 N–H and O–H groups in total. The molecule has 7 heteroatoms. The molecular weight excluding hydrogens is 382 g/mol. The van der Waals surface area contributed by atoms with E-state index in [0.717, 1.165) is 55.0 Å². The topological polar surface area (TPSA) is 79.8 Å². The SMILES string of the molecule is O[C@@H]1C[C@H]2CN(Cc3cc4cccnc4[nH]3)C[C@H]2C[C@H]1Oc1ccc2c(c1)OCO2. The number of aliphatic hydroxyl groups is 1. The van der Waals surface area contributed by atoms with Gasteiger partial charge in [0.15, 0.2) is 11.5 Å². The van der Waals surface area contributed by atoms with Gasteiger partial charge >= 0.3 is 0 Å². The van der Waals surface area contributed by atoms with E-state index >= 15 is 0 Å². The molecule has 0 spiro atoms. The van der Waals surface area contributed by atoms with Gasteiger partial charge in [-0.1, -0.05) is 0 Å². The van der Waals surface area contributed by atoms with E-state index in [1.54, 1.807) is 0 Å². The smallest absolute Gasteiger partial charge is 0.231 e. The van der Waals surface area contributed by atoms with E-state index in [1.165, 1.54) is 5.69 Å². The molecule has 30 heavy (non-hydrogen) atoms. The van der Waals surface area contributed by atoms with Crippen LogP contribution >= 0.6 is 0 Å². The third-order valence-electron chi connectivity index (χ3n) is 6.63. The van der Waals surface area contributed by atoms with Crippen molar-refractivity contribution in [3.05, 3.63) is 48.3 Å². The Balaban J connectivity index is 1.11. The largest absolute Gasteiger partial charge is 0.488 e. The summed E-state index contributed by atoms with van der Waals surface area (Å²) in [6.45, 7) is 3.17. The Labute approximate surface area is 174 Å². The Morgan fingerprint density at radius 1 is 1.10 bits per heavy atom. The molecule has 4 atom stereocenters. The van der Waals surface area contributed by atoms with Crippen LogP contribution in [0.1, 0.15) is 18.5 Å². The summed E-state index contributed by atoms with van der Waals surface area (Å²) in [6.07, 6.45) is 2.82. The minimum Gasteiger partial charge on any atom is -0.488 e. The Kier molecular flexibility index (Phi) is 4.32. The van der Waals surface area contributed by atoms with Crippen molar-refractivity contribution >= 4 is 11.0 Å². The third-order valence-corrected chi connectivity index (χ3v) is 6.63. The second-order valence-corrected chi connectivity index (χ2v) is 8.66. The zero-order valence-corrected chi connectivity index (χ0v) is 16.7. The normalized spacial score (nSPS) is 28.0. The predicted octanol–water partition coefficient (Wildman–Crippen LogP) is 2.94. The number of benzene rings is 1. The number of likely N-dealkylation sites (tertiary alicyclic amines) is 1. The monoisotopic (exact) mass is 407 g/mol. The van der Waals surface area contributed by atoms with E-state index in [9.17, 15) is 5.11 Å². The minimum absolute atomic E-state index is 0.191. The lowest BCUT2D eigenvalue weighted by molar-refractivity contribution is -0.0232. The summed E-state index contributed by atoms with van der Waals surface area (Å²) >= 11 is 0. The van der Waals surface area contributed by atoms with Gasteiger partial charge in [-0.3, -0.25) is 4.90 Å². The van der Waals surface area contributed by atoms with E-state index in [4.69, 9.17) is 14.2 Å². The summed E-state index contributed by atoms with van der Waals surface area (Å²) in [6, 6.07) is 11.8. The lowest BCUT2D eigenvalue weighted by Gasteiger charge is -2.35. The van der Waals surface area contributed by atoms with Gasteiger partial charge in [-0.25, -0.2) is 4.98 Å². The van der Waals surface area contributed by atoms with E-state index < -0.39 is 6.10 Å². The molecule has 6 rings (SSSR count). The number of rotatable bonds is 4. The van der Waals surface area contributed by atoms with Crippen molar-refractivity contribution < 1.29 is 19.3 Å². The van der Waals surface area contributed by atoms with Crippen LogP contribution in [0.15, 0.2) is 42.6 Å². The number of hydrogen-bond acceptors (Lipinski definition) is 6. The summed E-state index contributed by atoms with van der Waals surface area (Å²) in [4.78, 5) is 10.3. The van der Waals surface area contributed by atoms with Crippen molar-refractivity contribution in [3.8, 4) is 17.2 Å². The molecule has 3 aliphatic rings. The van der Waals surface area contributed by atoms with Crippen LogP contribution in [0.5, 0.6) is 17.2 Å². The number of nitrogens with zero attached hydrogens (tertiary/aromatic N) is 2. The molecule has 0 bridgehead atoms. The van der Waals surface area contributed by atoms with Gasteiger partial charge in [-0.15, -0.1) is 0 Å². The first kappa shape index (κ1) is 18.0. The maximum atomic E-state index is 10.7. The number of fused-ring (bicyclic) bond motifs is 3. The highest BCUT2D eigenvalue weighted by Gasteiger charge is 2.42. The van der Waals surface area contributed by atoms with Crippen molar-refractivity contribution in [2.75, 3.05) is 19.9 Å². The van der Waals surface area contributed by atoms with Gasteiger partial charge < -0.3 is 24.3 Å². The predicted molar refractivity (Wildman–Crippen MR) is 111 cm³/mol. The van der Waals surface area contributed by atoms with Crippen LogP contribution in [0, 0.1) is 11.8 Å². The molecule has 3 aromatic rings. The molecule has 2 aliphatic heterocycles. The van der Waals surface area contributed by atoms with Crippen molar-refractivity contribution in [1.29, 1.82) is 0 Å². The van der Waals surface area contributed by atoms with Gasteiger partial charge in [0, 0.05) is 43.0 Å². The van der Waals surface area contributed by atoms with E-state index in [1.807, 2.05) is 30.5 Å². The average Bonchev–Trinajstić information content (AvgIpc) is 3.45. The van der Waals surface area contributed by atoms with E-state index in [2.05, 4.69) is 27.0 Å². The van der Waals surface area contributed by atoms with Gasteiger partial charge in [0.1, 0.15) is 17.5 Å². The first-order chi connectivity index (χ1) is 14.7. The van der Waals surface area contributed by atoms with Gasteiger partial charge in [-0.2, -0.15) is 0 Å². The van der Waals surface area contributed by atoms with Crippen LogP contribution in [-0.4, -0.2) is 52.1 Å². The van der Waals surface area contributed by atoms with Crippen molar-refractivity contribution in [2.45, 2.75) is 31.6 Å². The number of aromatic nitrogens is 2. The first-order valence-corrected chi connectivity index (χ1v) is 10.6. The first-order valence-electron chi connectivity index (χ1n) is 10.6. The molecular formula is C23H25N3O4. The maximum Gasteiger partial charge on any atom is 0.231 e. The fraction of sp³-hybridized carbons (Fsp3) is 0.435. The molecule has 4 heterocycles. The highest BCUT2D eigenvalue weighted by Crippen LogP contribution is 2.40. The van der Waals surface area contributed by atoms with E-state index in [-0.39, 0.29) is 12.9 Å².